The zero-order chi connectivity index (χ0) is 40.8. The molecule has 0 saturated heterocycles. The molecule has 0 saturated carbocycles. The fraction of sp³-hybridized carbons (Fsp3) is 0.276. The Morgan fingerprint density at radius 2 is 0.552 bits per heavy atom. The van der Waals surface area contributed by atoms with Gasteiger partial charge >= 0.3 is 0 Å². The lowest BCUT2D eigenvalue weighted by Crippen LogP contribution is -2.16. The fourth-order valence-electron chi connectivity index (χ4n) is 9.91. The van der Waals surface area contributed by atoms with Gasteiger partial charge in [-0.2, -0.15) is 0 Å². The molecule has 0 heterocycles. The van der Waals surface area contributed by atoms with Crippen LogP contribution in [0.25, 0.3) is 99.1 Å². The van der Waals surface area contributed by atoms with Crippen LogP contribution in [0, 0.1) is 0 Å². The maximum Gasteiger partial charge on any atom is -0.00139 e. The lowest BCUT2D eigenvalue weighted by molar-refractivity contribution is 0.568. The predicted molar refractivity (Wildman–Crippen MR) is 253 cm³/mol. The van der Waals surface area contributed by atoms with Gasteiger partial charge in [-0.1, -0.05) is 192 Å². The van der Waals surface area contributed by atoms with E-state index in [1.54, 1.807) is 0 Å². The molecule has 0 unspecified atom stereocenters. The molecule has 2 aliphatic carbocycles. The van der Waals surface area contributed by atoms with E-state index in [9.17, 15) is 0 Å². The van der Waals surface area contributed by atoms with Crippen molar-refractivity contribution in [3.05, 3.63) is 144 Å². The number of hydrogen-bond acceptors (Lipinski definition) is 0. The molecule has 8 aromatic carbocycles. The van der Waals surface area contributed by atoms with Gasteiger partial charge in [0.25, 0.3) is 0 Å². The van der Waals surface area contributed by atoms with Gasteiger partial charge in [0.15, 0.2) is 0 Å². The van der Waals surface area contributed by atoms with Crippen molar-refractivity contribution < 1.29 is 0 Å². The topological polar surface area (TPSA) is 0 Å². The van der Waals surface area contributed by atoms with Crippen molar-refractivity contribution in [2.45, 2.75) is 105 Å². The van der Waals surface area contributed by atoms with Gasteiger partial charge in [0, 0.05) is 0 Å². The van der Waals surface area contributed by atoms with Gasteiger partial charge in [0.1, 0.15) is 0 Å². The number of hydrogen-bond donors (Lipinski definition) is 0. The second-order valence-corrected chi connectivity index (χ2v) is 21.5. The summed E-state index contributed by atoms with van der Waals surface area (Å²) in [6.07, 6.45) is 0. The molecule has 0 radical (unpaired) electrons. The summed E-state index contributed by atoms with van der Waals surface area (Å²) in [5.74, 6) is 0. The zero-order valence-corrected chi connectivity index (χ0v) is 36.5. The van der Waals surface area contributed by atoms with Crippen LogP contribution in [0.4, 0.5) is 0 Å². The summed E-state index contributed by atoms with van der Waals surface area (Å²) in [5.41, 5.74) is 21.5. The summed E-state index contributed by atoms with van der Waals surface area (Å²) in [7, 11) is 0. The largest absolute Gasteiger partial charge is 0.0616 e. The molecule has 0 aliphatic heterocycles. The van der Waals surface area contributed by atoms with Crippen LogP contribution in [-0.4, -0.2) is 0 Å². The number of benzene rings is 8. The Morgan fingerprint density at radius 1 is 0.259 bits per heavy atom. The molecule has 0 N–H and O–H groups in total. The van der Waals surface area contributed by atoms with Crippen LogP contribution in [0.3, 0.4) is 0 Å². The van der Waals surface area contributed by atoms with Crippen molar-refractivity contribution in [2.75, 3.05) is 0 Å². The Bertz CT molecular complexity index is 2790. The minimum atomic E-state index is -0.00386. The van der Waals surface area contributed by atoms with Gasteiger partial charge in [-0.05, 0) is 155 Å². The predicted octanol–water partition coefficient (Wildman–Crippen LogP) is 17.0. The van der Waals surface area contributed by atoms with Crippen LogP contribution in [0.1, 0.15) is 105 Å². The molecule has 0 atom stereocenters. The second-order valence-electron chi connectivity index (χ2n) is 21.5. The first-order valence-corrected chi connectivity index (χ1v) is 21.3. The first-order valence-electron chi connectivity index (χ1n) is 21.3. The van der Waals surface area contributed by atoms with Crippen molar-refractivity contribution in [1.29, 1.82) is 0 Å². The van der Waals surface area contributed by atoms with Crippen LogP contribution >= 0.6 is 0 Å². The minimum absolute atomic E-state index is 0.00386. The van der Waals surface area contributed by atoms with E-state index in [1.165, 1.54) is 121 Å². The standard InChI is InChI=1S/C58H56/c1-55(2,3)35-25-33(26-36(29-35)56(4,5)6)51-41-19-15-16-20-42(41)52(34-27-37(57(7,8)9)30-38(28-34)58(10,11)12)50-32-48-46-24-22-44-40-18-14-13-17-39(40)43-21-23-45(54(46)53(43)44)47(48)31-49(50)51/h13-32H,1-12H3. The molecule has 2 aliphatic rings. The maximum atomic E-state index is 2.58. The molecule has 0 aromatic heterocycles. The fourth-order valence-corrected chi connectivity index (χ4v) is 9.91. The molecule has 0 nitrogen and oxygen atoms in total. The van der Waals surface area contributed by atoms with Gasteiger partial charge in [-0.15, -0.1) is 0 Å². The second kappa shape index (κ2) is 12.0. The van der Waals surface area contributed by atoms with E-state index in [0.29, 0.717) is 0 Å². The van der Waals surface area contributed by atoms with E-state index >= 15 is 0 Å². The Balaban J connectivity index is 1.38. The zero-order valence-electron chi connectivity index (χ0n) is 36.5. The van der Waals surface area contributed by atoms with Crippen molar-refractivity contribution in [2.24, 2.45) is 0 Å². The van der Waals surface area contributed by atoms with E-state index in [2.05, 4.69) is 204 Å². The molecular weight excluding hydrogens is 697 g/mol. The molecule has 0 spiro atoms. The molecule has 0 heteroatoms. The molecule has 0 amide bonds. The molecule has 0 bridgehead atoms. The van der Waals surface area contributed by atoms with E-state index in [0.717, 1.165) is 0 Å². The van der Waals surface area contributed by atoms with Gasteiger partial charge in [0.2, 0.25) is 0 Å². The molecule has 288 valence electrons. The molecular formula is C58H56. The van der Waals surface area contributed by atoms with Crippen molar-refractivity contribution >= 4 is 32.3 Å². The van der Waals surface area contributed by atoms with Gasteiger partial charge in [-0.25, -0.2) is 0 Å². The summed E-state index contributed by atoms with van der Waals surface area (Å²) in [5, 5.41) is 8.06. The van der Waals surface area contributed by atoms with E-state index in [1.807, 2.05) is 0 Å². The van der Waals surface area contributed by atoms with E-state index in [-0.39, 0.29) is 21.7 Å². The van der Waals surface area contributed by atoms with Gasteiger partial charge in [0.05, 0.1) is 0 Å². The van der Waals surface area contributed by atoms with Gasteiger partial charge < -0.3 is 0 Å². The quantitative estimate of drug-likeness (QED) is 0.154. The van der Waals surface area contributed by atoms with E-state index < -0.39 is 0 Å². The first kappa shape index (κ1) is 36.9. The Kier molecular flexibility index (Phi) is 7.65. The summed E-state index contributed by atoms with van der Waals surface area (Å²) in [6, 6.07) is 47.8. The van der Waals surface area contributed by atoms with Crippen molar-refractivity contribution in [3.8, 4) is 66.8 Å². The van der Waals surface area contributed by atoms with Crippen LogP contribution in [-0.2, 0) is 21.7 Å². The highest BCUT2D eigenvalue weighted by atomic mass is 14.3. The molecule has 8 aromatic rings. The number of rotatable bonds is 2. The first-order chi connectivity index (χ1) is 27.3. The minimum Gasteiger partial charge on any atom is -0.0616 e. The SMILES string of the molecule is CC(C)(C)c1cc(-c2c3ccccc3c(-c3cc(C(C)(C)C)cc(C(C)(C)C)c3)c3cc4c(cc23)-c2ccc3c5c(ccc-4c25)-c2ccccc2-3)cc(C(C)(C)C)c1. The van der Waals surface area contributed by atoms with Crippen LogP contribution < -0.4 is 0 Å². The third-order valence-corrected chi connectivity index (χ3v) is 13.3. The smallest absolute Gasteiger partial charge is 0.00139 e. The highest BCUT2D eigenvalue weighted by Gasteiger charge is 2.32. The number of fused-ring (bicyclic) bond motifs is 8. The normalized spacial score (nSPS) is 13.5. The summed E-state index contributed by atoms with van der Waals surface area (Å²) in [4.78, 5) is 0. The Morgan fingerprint density at radius 3 is 0.862 bits per heavy atom. The molecule has 0 fully saturated rings. The van der Waals surface area contributed by atoms with Crippen LogP contribution in [0.15, 0.2) is 121 Å². The maximum absolute atomic E-state index is 2.58. The Hall–Kier alpha value is -5.46. The van der Waals surface area contributed by atoms with Crippen LogP contribution in [0.5, 0.6) is 0 Å². The lowest BCUT2D eigenvalue weighted by Gasteiger charge is -2.28. The highest BCUT2D eigenvalue weighted by Crippen LogP contribution is 2.58. The average molecular weight is 753 g/mol. The highest BCUT2D eigenvalue weighted by molar-refractivity contribution is 6.29. The van der Waals surface area contributed by atoms with Gasteiger partial charge in [-0.3, -0.25) is 0 Å². The Labute approximate surface area is 346 Å². The van der Waals surface area contributed by atoms with Crippen LogP contribution in [0.2, 0.25) is 0 Å². The summed E-state index contributed by atoms with van der Waals surface area (Å²) < 4.78 is 0. The lowest BCUT2D eigenvalue weighted by atomic mass is 9.76. The summed E-state index contributed by atoms with van der Waals surface area (Å²) in [6.45, 7) is 28.2. The molecule has 58 heavy (non-hydrogen) atoms. The summed E-state index contributed by atoms with van der Waals surface area (Å²) >= 11 is 0. The molecule has 10 rings (SSSR count). The van der Waals surface area contributed by atoms with Crippen molar-refractivity contribution in [3.63, 3.8) is 0 Å². The van der Waals surface area contributed by atoms with E-state index in [4.69, 9.17) is 0 Å². The monoisotopic (exact) mass is 752 g/mol. The third-order valence-electron chi connectivity index (χ3n) is 13.3. The average Bonchev–Trinajstić information content (AvgIpc) is 3.66. The van der Waals surface area contributed by atoms with Crippen molar-refractivity contribution in [1.82, 2.24) is 0 Å². The third kappa shape index (κ3) is 5.47.